The lowest BCUT2D eigenvalue weighted by Gasteiger charge is -2.32. The van der Waals surface area contributed by atoms with Gasteiger partial charge in [-0.1, -0.05) is 18.2 Å². The Morgan fingerprint density at radius 2 is 1.96 bits per heavy atom. The number of nitrogens with zero attached hydrogens (tertiary/aromatic N) is 3. The van der Waals surface area contributed by atoms with Gasteiger partial charge in [-0.2, -0.15) is 4.31 Å². The third-order valence-corrected chi connectivity index (χ3v) is 6.26. The van der Waals surface area contributed by atoms with Crippen molar-refractivity contribution in [3.8, 4) is 0 Å². The zero-order valence-electron chi connectivity index (χ0n) is 13.6. The minimum atomic E-state index is -3.42. The second-order valence-corrected chi connectivity index (χ2v) is 8.24. The van der Waals surface area contributed by atoms with E-state index in [9.17, 15) is 8.42 Å². The lowest BCUT2D eigenvalue weighted by Crippen LogP contribution is -2.39. The van der Waals surface area contributed by atoms with E-state index in [1.807, 2.05) is 12.3 Å². The van der Waals surface area contributed by atoms with E-state index >= 15 is 0 Å². The second-order valence-electron chi connectivity index (χ2n) is 6.30. The number of imidazole rings is 1. The molecule has 0 bridgehead atoms. The van der Waals surface area contributed by atoms with Crippen LogP contribution in [0, 0.1) is 0 Å². The highest BCUT2D eigenvalue weighted by atomic mass is 32.2. The first-order chi connectivity index (χ1) is 11.0. The molecule has 0 unspecified atom stereocenters. The van der Waals surface area contributed by atoms with Crippen molar-refractivity contribution in [1.29, 1.82) is 0 Å². The van der Waals surface area contributed by atoms with Gasteiger partial charge in [0.15, 0.2) is 0 Å². The van der Waals surface area contributed by atoms with E-state index in [1.165, 1.54) is 0 Å². The second kappa shape index (κ2) is 6.45. The van der Waals surface area contributed by atoms with Gasteiger partial charge < -0.3 is 4.57 Å². The lowest BCUT2D eigenvalue weighted by molar-refractivity contribution is 0.302. The molecule has 1 aliphatic heterocycles. The van der Waals surface area contributed by atoms with Crippen molar-refractivity contribution in [3.05, 3.63) is 48.5 Å². The standard InChI is InChI=1S/C17H23N3O2S/c1-14(2)20-12-10-18-17(20)15-7-6-11-19(13-15)23(21,22)16-8-4-3-5-9-16/h3-5,8-10,12,14-15H,6-7,11,13H2,1-2H3/t15-/m0/s1. The Labute approximate surface area is 138 Å². The number of sulfonamides is 1. The molecule has 0 amide bonds. The van der Waals surface area contributed by atoms with Crippen LogP contribution >= 0.6 is 0 Å². The van der Waals surface area contributed by atoms with Crippen LogP contribution in [0.3, 0.4) is 0 Å². The van der Waals surface area contributed by atoms with Gasteiger partial charge in [-0.3, -0.25) is 0 Å². The molecule has 0 N–H and O–H groups in total. The topological polar surface area (TPSA) is 55.2 Å². The summed E-state index contributed by atoms with van der Waals surface area (Å²) in [5.41, 5.74) is 0. The van der Waals surface area contributed by atoms with Gasteiger partial charge in [-0.05, 0) is 38.8 Å². The molecule has 0 saturated carbocycles. The highest BCUT2D eigenvalue weighted by molar-refractivity contribution is 7.89. The summed E-state index contributed by atoms with van der Waals surface area (Å²) in [5.74, 6) is 1.15. The van der Waals surface area contributed by atoms with E-state index in [2.05, 4.69) is 23.4 Å². The molecule has 2 heterocycles. The molecule has 6 heteroatoms. The summed E-state index contributed by atoms with van der Waals surface area (Å²) in [7, 11) is -3.42. The number of hydrogen-bond acceptors (Lipinski definition) is 3. The molecule has 1 saturated heterocycles. The predicted octanol–water partition coefficient (Wildman–Crippen LogP) is 3.03. The molecule has 3 rings (SSSR count). The summed E-state index contributed by atoms with van der Waals surface area (Å²) in [5, 5.41) is 0. The van der Waals surface area contributed by atoms with E-state index in [4.69, 9.17) is 0 Å². The normalized spacial score (nSPS) is 20.0. The summed E-state index contributed by atoms with van der Waals surface area (Å²) >= 11 is 0. The van der Waals surface area contributed by atoms with Crippen molar-refractivity contribution in [2.24, 2.45) is 0 Å². The molecule has 0 aliphatic carbocycles. The zero-order valence-corrected chi connectivity index (χ0v) is 14.4. The van der Waals surface area contributed by atoms with E-state index in [1.54, 1.807) is 34.8 Å². The Kier molecular flexibility index (Phi) is 4.55. The SMILES string of the molecule is CC(C)n1ccnc1[C@H]1CCCN(S(=O)(=O)c2ccccc2)C1. The predicted molar refractivity (Wildman–Crippen MR) is 89.8 cm³/mol. The van der Waals surface area contributed by atoms with Crippen LogP contribution in [0.2, 0.25) is 0 Å². The van der Waals surface area contributed by atoms with Crippen molar-refractivity contribution < 1.29 is 8.42 Å². The minimum absolute atomic E-state index is 0.152. The van der Waals surface area contributed by atoms with Crippen LogP contribution in [0.1, 0.15) is 44.5 Å². The minimum Gasteiger partial charge on any atom is -0.332 e. The molecule has 124 valence electrons. The monoisotopic (exact) mass is 333 g/mol. The van der Waals surface area contributed by atoms with Crippen LogP contribution in [0.4, 0.5) is 0 Å². The molecular formula is C17H23N3O2S. The third kappa shape index (κ3) is 3.19. The third-order valence-electron chi connectivity index (χ3n) is 4.39. The van der Waals surface area contributed by atoms with Crippen LogP contribution in [-0.4, -0.2) is 35.4 Å². The zero-order chi connectivity index (χ0) is 16.4. The van der Waals surface area contributed by atoms with Gasteiger partial charge in [0.25, 0.3) is 0 Å². The number of rotatable bonds is 4. The average molecular weight is 333 g/mol. The largest absolute Gasteiger partial charge is 0.332 e. The first kappa shape index (κ1) is 16.2. The van der Waals surface area contributed by atoms with Crippen molar-refractivity contribution in [3.63, 3.8) is 0 Å². The molecule has 1 fully saturated rings. The molecule has 1 aromatic carbocycles. The molecule has 1 aliphatic rings. The number of benzene rings is 1. The maximum Gasteiger partial charge on any atom is 0.243 e. The first-order valence-electron chi connectivity index (χ1n) is 8.08. The highest BCUT2D eigenvalue weighted by Crippen LogP contribution is 2.30. The molecule has 2 aromatic rings. The number of piperidine rings is 1. The summed E-state index contributed by atoms with van der Waals surface area (Å²) in [4.78, 5) is 4.86. The average Bonchev–Trinajstić information content (AvgIpc) is 3.06. The lowest BCUT2D eigenvalue weighted by atomic mass is 9.98. The quantitative estimate of drug-likeness (QED) is 0.864. The van der Waals surface area contributed by atoms with Crippen molar-refractivity contribution in [2.45, 2.75) is 43.5 Å². The smallest absolute Gasteiger partial charge is 0.243 e. The highest BCUT2D eigenvalue weighted by Gasteiger charge is 2.32. The summed E-state index contributed by atoms with van der Waals surface area (Å²) in [6.07, 6.45) is 5.62. The Morgan fingerprint density at radius 3 is 2.65 bits per heavy atom. The number of aromatic nitrogens is 2. The van der Waals surface area contributed by atoms with E-state index < -0.39 is 10.0 Å². The molecule has 0 radical (unpaired) electrons. The van der Waals surface area contributed by atoms with E-state index in [0.717, 1.165) is 18.7 Å². The van der Waals surface area contributed by atoms with Crippen LogP contribution in [0.15, 0.2) is 47.6 Å². The molecule has 5 nitrogen and oxygen atoms in total. The van der Waals surface area contributed by atoms with Gasteiger partial charge >= 0.3 is 0 Å². The Balaban J connectivity index is 1.85. The van der Waals surface area contributed by atoms with Gasteiger partial charge in [0.2, 0.25) is 10.0 Å². The van der Waals surface area contributed by atoms with Crippen LogP contribution < -0.4 is 0 Å². The molecule has 1 aromatic heterocycles. The van der Waals surface area contributed by atoms with Crippen molar-refractivity contribution in [1.82, 2.24) is 13.9 Å². The first-order valence-corrected chi connectivity index (χ1v) is 9.52. The molecule has 23 heavy (non-hydrogen) atoms. The fourth-order valence-corrected chi connectivity index (χ4v) is 4.74. The molecule has 0 spiro atoms. The fourth-order valence-electron chi connectivity index (χ4n) is 3.19. The van der Waals surface area contributed by atoms with Crippen LogP contribution in [0.5, 0.6) is 0 Å². The fraction of sp³-hybridized carbons (Fsp3) is 0.471. The van der Waals surface area contributed by atoms with Crippen LogP contribution in [-0.2, 0) is 10.0 Å². The number of hydrogen-bond donors (Lipinski definition) is 0. The Hall–Kier alpha value is -1.66. The van der Waals surface area contributed by atoms with Crippen molar-refractivity contribution >= 4 is 10.0 Å². The van der Waals surface area contributed by atoms with E-state index in [0.29, 0.717) is 24.0 Å². The van der Waals surface area contributed by atoms with Gasteiger partial charge in [0, 0.05) is 37.4 Å². The molecule has 1 atom stereocenters. The summed E-state index contributed by atoms with van der Waals surface area (Å²) in [6, 6.07) is 9.01. The van der Waals surface area contributed by atoms with Gasteiger partial charge in [-0.15, -0.1) is 0 Å². The van der Waals surface area contributed by atoms with Crippen molar-refractivity contribution in [2.75, 3.05) is 13.1 Å². The van der Waals surface area contributed by atoms with Gasteiger partial charge in [-0.25, -0.2) is 13.4 Å². The van der Waals surface area contributed by atoms with E-state index in [-0.39, 0.29) is 5.92 Å². The Bertz CT molecular complexity index is 753. The maximum absolute atomic E-state index is 12.8. The Morgan fingerprint density at radius 1 is 1.22 bits per heavy atom. The van der Waals surface area contributed by atoms with Crippen LogP contribution in [0.25, 0.3) is 0 Å². The van der Waals surface area contributed by atoms with Gasteiger partial charge in [0.05, 0.1) is 4.90 Å². The van der Waals surface area contributed by atoms with Gasteiger partial charge in [0.1, 0.15) is 5.82 Å². The summed E-state index contributed by atoms with van der Waals surface area (Å²) in [6.45, 7) is 5.32. The maximum atomic E-state index is 12.8. The summed E-state index contributed by atoms with van der Waals surface area (Å²) < 4.78 is 29.4. The molecular weight excluding hydrogens is 310 g/mol.